The monoisotopic (exact) mass is 1110 g/mol. The summed E-state index contributed by atoms with van der Waals surface area (Å²) in [6.07, 6.45) is 10.1. The molecule has 6 unspecified atom stereocenters. The number of unbranched alkanes of at least 4 members (excludes halogenated alkanes) is 11. The van der Waals surface area contributed by atoms with Crippen LogP contribution in [0.15, 0.2) is 175 Å². The van der Waals surface area contributed by atoms with Crippen LogP contribution in [-0.2, 0) is 77.5 Å². The van der Waals surface area contributed by atoms with E-state index in [4.69, 9.17) is 47.4 Å². The Morgan fingerprint density at radius 2 is 0.877 bits per heavy atom. The number of rotatable bonds is 40. The van der Waals surface area contributed by atoms with Crippen LogP contribution in [0.4, 0.5) is 0 Å². The molecule has 0 spiro atoms. The lowest BCUT2D eigenvalue weighted by Gasteiger charge is -2.46. The molecule has 0 bridgehead atoms. The van der Waals surface area contributed by atoms with Crippen LogP contribution < -0.4 is 9.47 Å². The number of benzene rings is 6. The van der Waals surface area contributed by atoms with E-state index in [2.05, 4.69) is 16.9 Å². The molecule has 0 aliphatic carbocycles. The predicted octanol–water partition coefficient (Wildman–Crippen LogP) is 15.7. The Morgan fingerprint density at radius 1 is 0.457 bits per heavy atom. The summed E-state index contributed by atoms with van der Waals surface area (Å²) < 4.78 is 66.4. The zero-order chi connectivity index (χ0) is 56.4. The fourth-order valence-electron chi connectivity index (χ4n) is 10.2. The van der Waals surface area contributed by atoms with Gasteiger partial charge < -0.3 is 47.4 Å². The average molecular weight is 1110 g/mol. The van der Waals surface area contributed by atoms with Crippen LogP contribution in [0.25, 0.3) is 10.4 Å². The molecule has 6 aromatic carbocycles. The van der Waals surface area contributed by atoms with Crippen molar-refractivity contribution >= 4 is 0 Å². The summed E-state index contributed by atoms with van der Waals surface area (Å²) in [5, 5.41) is 4.49. The minimum absolute atomic E-state index is 0.105. The fourth-order valence-corrected chi connectivity index (χ4v) is 10.2. The number of nitrogens with zero attached hydrogens (tertiary/aromatic N) is 3. The molecule has 1 aliphatic rings. The molecule has 0 aromatic heterocycles. The first-order chi connectivity index (χ1) is 40.0. The number of methoxy groups -OCH3 is 2. The van der Waals surface area contributed by atoms with Crippen molar-refractivity contribution in [1.82, 2.24) is 0 Å². The molecule has 0 amide bonds. The molecule has 1 saturated heterocycles. The molecule has 81 heavy (non-hydrogen) atoms. The molecule has 13 nitrogen and oxygen atoms in total. The summed E-state index contributed by atoms with van der Waals surface area (Å²) in [7, 11) is 3.31. The van der Waals surface area contributed by atoms with Crippen molar-refractivity contribution in [1.29, 1.82) is 0 Å². The van der Waals surface area contributed by atoms with E-state index in [0.29, 0.717) is 19.6 Å². The molecule has 434 valence electrons. The molecule has 13 heteroatoms. The Bertz CT molecular complexity index is 2590. The van der Waals surface area contributed by atoms with E-state index in [-0.39, 0.29) is 39.6 Å². The molecule has 6 aromatic rings. The van der Waals surface area contributed by atoms with Gasteiger partial charge in [-0.3, -0.25) is 0 Å². The van der Waals surface area contributed by atoms with Gasteiger partial charge in [0, 0.05) is 4.91 Å². The van der Waals surface area contributed by atoms with Crippen molar-refractivity contribution in [3.63, 3.8) is 0 Å². The van der Waals surface area contributed by atoms with Gasteiger partial charge in [-0.1, -0.05) is 235 Å². The van der Waals surface area contributed by atoms with Crippen molar-refractivity contribution in [2.24, 2.45) is 5.11 Å². The molecule has 0 saturated carbocycles. The van der Waals surface area contributed by atoms with E-state index in [9.17, 15) is 5.53 Å². The van der Waals surface area contributed by atoms with E-state index in [1.165, 1.54) is 57.8 Å². The fraction of sp³-hybridized carbons (Fsp3) is 0.471. The van der Waals surface area contributed by atoms with Gasteiger partial charge in [0.25, 0.3) is 0 Å². The van der Waals surface area contributed by atoms with Crippen LogP contribution in [-0.4, -0.2) is 76.4 Å². The summed E-state index contributed by atoms with van der Waals surface area (Å²) in [5.74, 6) is 1.50. The van der Waals surface area contributed by atoms with E-state index in [0.717, 1.165) is 64.1 Å². The highest BCUT2D eigenvalue weighted by Gasteiger charge is 2.49. The Hall–Kier alpha value is -6.09. The van der Waals surface area contributed by atoms with Gasteiger partial charge in [-0.05, 0) is 69.6 Å². The molecule has 1 aliphatic heterocycles. The van der Waals surface area contributed by atoms with Crippen LogP contribution in [0, 0.1) is 0 Å². The summed E-state index contributed by atoms with van der Waals surface area (Å²) in [6.45, 7) is 3.96. The standard InChI is InChI=1S/C68H87N3O10/c1-4-5-6-7-8-9-10-11-12-13-14-27-36-62(75-46-57-37-41-59(72-2)42-38-57)64(76-50-58-39-43-60(73-3)44-40-58)61(70-71-69)51-80-68-67(79-49-56-34-25-18-26-35-56)66(78-48-55-32-23-17-24-33-55)65(77-47-54-30-21-16-22-31-54)63(81-68)52-74-45-53-28-19-15-20-29-53/h15-26,28-35,37-44,61-68H,4-14,27,36,45-52H2,1-3H3/t61-,62-,63?,64?,65?,66?,67?,68?/m1/s1. The highest BCUT2D eigenvalue weighted by Crippen LogP contribution is 2.33. The lowest BCUT2D eigenvalue weighted by Crippen LogP contribution is -2.62. The molecule has 1 fully saturated rings. The first-order valence-corrected chi connectivity index (χ1v) is 29.4. The maximum atomic E-state index is 10.5. The Morgan fingerprint density at radius 3 is 1.35 bits per heavy atom. The number of ether oxygens (including phenoxy) is 10. The Labute approximate surface area is 482 Å². The van der Waals surface area contributed by atoms with Gasteiger partial charge in [0.05, 0.1) is 85.3 Å². The highest BCUT2D eigenvalue weighted by atomic mass is 16.7. The molecule has 0 radical (unpaired) electrons. The third-order valence-electron chi connectivity index (χ3n) is 14.8. The van der Waals surface area contributed by atoms with Gasteiger partial charge in [0.15, 0.2) is 6.29 Å². The lowest BCUT2D eigenvalue weighted by atomic mass is 9.97. The second kappa shape index (κ2) is 37.1. The molecule has 0 N–H and O–H groups in total. The highest BCUT2D eigenvalue weighted by molar-refractivity contribution is 5.28. The van der Waals surface area contributed by atoms with Crippen molar-refractivity contribution < 1.29 is 47.4 Å². The summed E-state index contributed by atoms with van der Waals surface area (Å²) >= 11 is 0. The van der Waals surface area contributed by atoms with Crippen molar-refractivity contribution in [3.05, 3.63) is 214 Å². The third-order valence-corrected chi connectivity index (χ3v) is 14.8. The molecule has 8 atom stereocenters. The average Bonchev–Trinajstić information content (AvgIpc) is 3.55. The Kier molecular flexibility index (Phi) is 28.6. The Balaban J connectivity index is 1.19. The molecule has 1 heterocycles. The minimum Gasteiger partial charge on any atom is -0.497 e. The van der Waals surface area contributed by atoms with Gasteiger partial charge in [0.1, 0.15) is 35.9 Å². The SMILES string of the molecule is CCCCCCCCCCCCCC[C@@H](OCc1ccc(OC)cc1)C(OCc1ccc(OC)cc1)[C@@H](COC1OC(COCc2ccccc2)C(OCc2ccccc2)C(OCc2ccccc2)C1OCc1ccccc1)N=[N+]=[N-]. The van der Waals surface area contributed by atoms with E-state index in [1.807, 2.05) is 170 Å². The predicted molar refractivity (Wildman–Crippen MR) is 318 cm³/mol. The van der Waals surface area contributed by atoms with Crippen molar-refractivity contribution in [2.45, 2.75) is 179 Å². The largest absolute Gasteiger partial charge is 0.497 e. The topological polar surface area (TPSA) is 141 Å². The van der Waals surface area contributed by atoms with Crippen molar-refractivity contribution in [2.75, 3.05) is 27.4 Å². The molecular formula is C68H87N3O10. The zero-order valence-electron chi connectivity index (χ0n) is 48.1. The normalized spacial score (nSPS) is 18.1. The van der Waals surface area contributed by atoms with E-state index >= 15 is 0 Å². The van der Waals surface area contributed by atoms with Crippen LogP contribution in [0.1, 0.15) is 124 Å². The van der Waals surface area contributed by atoms with Gasteiger partial charge in [-0.15, -0.1) is 0 Å². The van der Waals surface area contributed by atoms with Gasteiger partial charge in [-0.25, -0.2) is 0 Å². The summed E-state index contributed by atoms with van der Waals surface area (Å²) in [5.41, 5.74) is 16.3. The smallest absolute Gasteiger partial charge is 0.186 e. The van der Waals surface area contributed by atoms with Gasteiger partial charge >= 0.3 is 0 Å². The number of hydrogen-bond donors (Lipinski definition) is 0. The second-order valence-electron chi connectivity index (χ2n) is 20.9. The van der Waals surface area contributed by atoms with Gasteiger partial charge in [0.2, 0.25) is 0 Å². The first kappa shape index (κ1) is 62.5. The number of azide groups is 1. The van der Waals surface area contributed by atoms with E-state index < -0.39 is 49.0 Å². The van der Waals surface area contributed by atoms with Gasteiger partial charge in [-0.2, -0.15) is 0 Å². The number of hydrogen-bond acceptors (Lipinski definition) is 11. The maximum absolute atomic E-state index is 10.5. The summed E-state index contributed by atoms with van der Waals surface area (Å²) in [4.78, 5) is 3.45. The first-order valence-electron chi connectivity index (χ1n) is 29.4. The minimum atomic E-state index is -1.05. The van der Waals surface area contributed by atoms with Crippen LogP contribution in [0.5, 0.6) is 11.5 Å². The second-order valence-corrected chi connectivity index (χ2v) is 20.9. The summed E-state index contributed by atoms with van der Waals surface area (Å²) in [6, 6.07) is 54.9. The zero-order valence-corrected chi connectivity index (χ0v) is 48.1. The quantitative estimate of drug-likeness (QED) is 0.0158. The molecular weight excluding hydrogens is 1020 g/mol. The van der Waals surface area contributed by atoms with Crippen molar-refractivity contribution in [3.8, 4) is 11.5 Å². The molecule has 7 rings (SSSR count). The van der Waals surface area contributed by atoms with E-state index in [1.54, 1.807) is 14.2 Å². The maximum Gasteiger partial charge on any atom is 0.186 e. The van der Waals surface area contributed by atoms with Crippen LogP contribution in [0.3, 0.4) is 0 Å². The van der Waals surface area contributed by atoms with Crippen LogP contribution >= 0.6 is 0 Å². The lowest BCUT2D eigenvalue weighted by molar-refractivity contribution is -0.329. The van der Waals surface area contributed by atoms with Crippen LogP contribution in [0.2, 0.25) is 0 Å². The third kappa shape index (κ3) is 22.3.